The molecule has 1 aromatic rings. The second-order valence-corrected chi connectivity index (χ2v) is 6.97. The highest BCUT2D eigenvalue weighted by Gasteiger charge is 2.46. The molecule has 0 aromatic carbocycles. The number of aliphatic hydroxyl groups excluding tert-OH is 2. The van der Waals surface area contributed by atoms with Crippen LogP contribution in [0.2, 0.25) is 0 Å². The summed E-state index contributed by atoms with van der Waals surface area (Å²) in [4.78, 5) is 28.9. The first kappa shape index (κ1) is 18.7. The Morgan fingerprint density at radius 1 is 1.43 bits per heavy atom. The number of halogens is 1. The minimum Gasteiger partial charge on any atom is -0.464 e. The molecular formula is C10H14IN2O9P. The van der Waals surface area contributed by atoms with Crippen molar-refractivity contribution in [2.75, 3.05) is 13.7 Å². The van der Waals surface area contributed by atoms with Crippen LogP contribution in [0.5, 0.6) is 0 Å². The normalized spacial score (nSPS) is 28.1. The van der Waals surface area contributed by atoms with Gasteiger partial charge >= 0.3 is 13.8 Å². The third kappa shape index (κ3) is 4.09. The van der Waals surface area contributed by atoms with Crippen LogP contribution in [0.4, 0.5) is 0 Å². The van der Waals surface area contributed by atoms with Crippen molar-refractivity contribution in [3.63, 3.8) is 0 Å². The number of H-pyrrole nitrogens is 1. The zero-order chi connectivity index (χ0) is 17.4. The highest BCUT2D eigenvalue weighted by Crippen LogP contribution is 2.40. The van der Waals surface area contributed by atoms with Gasteiger partial charge in [-0.2, -0.15) is 5.10 Å². The summed E-state index contributed by atoms with van der Waals surface area (Å²) < 4.78 is 25.2. The van der Waals surface area contributed by atoms with Gasteiger partial charge in [-0.15, -0.1) is 0 Å². The Kier molecular flexibility index (Phi) is 5.79. The molecule has 1 saturated heterocycles. The number of aliphatic hydroxyl groups is 2. The third-order valence-electron chi connectivity index (χ3n) is 3.17. The van der Waals surface area contributed by atoms with Crippen molar-refractivity contribution in [3.05, 3.63) is 15.0 Å². The first-order valence-electron chi connectivity index (χ1n) is 6.19. The zero-order valence-electron chi connectivity index (χ0n) is 11.6. The van der Waals surface area contributed by atoms with Gasteiger partial charge in [0.15, 0.2) is 5.69 Å². The van der Waals surface area contributed by atoms with Gasteiger partial charge in [0.25, 0.3) is 0 Å². The molecule has 1 fully saturated rings. The van der Waals surface area contributed by atoms with Crippen LogP contribution in [0, 0.1) is 3.57 Å². The number of nitrogens with zero attached hydrogens (tertiary/aromatic N) is 1. The Balaban J connectivity index is 2.16. The summed E-state index contributed by atoms with van der Waals surface area (Å²) in [6, 6.07) is 0. The van der Waals surface area contributed by atoms with Gasteiger partial charge < -0.3 is 29.5 Å². The van der Waals surface area contributed by atoms with E-state index in [0.29, 0.717) is 3.57 Å². The van der Waals surface area contributed by atoms with E-state index in [0.717, 1.165) is 0 Å². The molecule has 0 radical (unpaired) electrons. The number of rotatable bonds is 5. The molecule has 0 saturated carbocycles. The lowest BCUT2D eigenvalue weighted by atomic mass is 10.1. The number of carbonyl (C=O) groups excluding carboxylic acids is 1. The average Bonchev–Trinajstić information content (AvgIpc) is 2.98. The molecule has 0 bridgehead atoms. The first-order chi connectivity index (χ1) is 10.7. The lowest BCUT2D eigenvalue weighted by Gasteiger charge is -2.14. The average molecular weight is 464 g/mol. The fourth-order valence-corrected chi connectivity index (χ4v) is 3.17. The number of hydrogen-bond donors (Lipinski definition) is 5. The van der Waals surface area contributed by atoms with E-state index in [-0.39, 0.29) is 11.4 Å². The topological polar surface area (TPSA) is 171 Å². The lowest BCUT2D eigenvalue weighted by molar-refractivity contribution is -0.0237. The summed E-state index contributed by atoms with van der Waals surface area (Å²) in [5.74, 6) is -0.689. The predicted octanol–water partition coefficient (Wildman–Crippen LogP) is -0.928. The summed E-state index contributed by atoms with van der Waals surface area (Å²) in [7, 11) is -3.55. The van der Waals surface area contributed by atoms with Gasteiger partial charge in [0.1, 0.15) is 24.4 Å². The van der Waals surface area contributed by atoms with Gasteiger partial charge in [0.05, 0.1) is 23.0 Å². The maximum absolute atomic E-state index is 11.5. The smallest absolute Gasteiger partial charge is 0.464 e. The Labute approximate surface area is 143 Å². The fourth-order valence-electron chi connectivity index (χ4n) is 2.06. The van der Waals surface area contributed by atoms with Crippen molar-refractivity contribution in [3.8, 4) is 0 Å². The van der Waals surface area contributed by atoms with Gasteiger partial charge in [0, 0.05) is 0 Å². The van der Waals surface area contributed by atoms with E-state index in [1.807, 2.05) is 0 Å². The lowest BCUT2D eigenvalue weighted by Crippen LogP contribution is -2.33. The van der Waals surface area contributed by atoms with Gasteiger partial charge in [0.2, 0.25) is 0 Å². The highest BCUT2D eigenvalue weighted by atomic mass is 127. The van der Waals surface area contributed by atoms with E-state index in [1.54, 1.807) is 22.6 Å². The van der Waals surface area contributed by atoms with Crippen LogP contribution in [-0.2, 0) is 18.6 Å². The predicted molar refractivity (Wildman–Crippen MR) is 80.3 cm³/mol. The number of ether oxygens (including phenoxy) is 2. The molecule has 0 aliphatic carbocycles. The minimum absolute atomic E-state index is 0.0108. The molecule has 2 heterocycles. The van der Waals surface area contributed by atoms with Crippen LogP contribution >= 0.6 is 30.4 Å². The second kappa shape index (κ2) is 7.11. The van der Waals surface area contributed by atoms with E-state index in [4.69, 9.17) is 14.5 Å². The molecule has 23 heavy (non-hydrogen) atoms. The Morgan fingerprint density at radius 2 is 2.09 bits per heavy atom. The Hall–Kier alpha value is -0.600. The SMILES string of the molecule is COC(=O)c1n[nH]c([C@@H]2O[C@H](COP(=O)(O)O)[C@@H](O)[C@H]2O)c1I. The largest absolute Gasteiger partial charge is 0.469 e. The minimum atomic E-state index is -4.73. The number of nitrogens with one attached hydrogen (secondary N) is 1. The quantitative estimate of drug-likeness (QED) is 0.208. The van der Waals surface area contributed by atoms with Crippen molar-refractivity contribution in [2.45, 2.75) is 24.4 Å². The third-order valence-corrected chi connectivity index (χ3v) is 4.74. The molecule has 0 amide bonds. The molecule has 0 unspecified atom stereocenters. The van der Waals surface area contributed by atoms with E-state index in [9.17, 15) is 19.6 Å². The van der Waals surface area contributed by atoms with Crippen LogP contribution < -0.4 is 0 Å². The number of aromatic nitrogens is 2. The Morgan fingerprint density at radius 3 is 2.65 bits per heavy atom. The molecule has 5 N–H and O–H groups in total. The molecule has 130 valence electrons. The number of esters is 1. The number of phosphoric acid groups is 1. The van der Waals surface area contributed by atoms with E-state index >= 15 is 0 Å². The van der Waals surface area contributed by atoms with Crippen LogP contribution in [0.25, 0.3) is 0 Å². The molecular weight excluding hydrogens is 450 g/mol. The van der Waals surface area contributed by atoms with Gasteiger partial charge in [-0.3, -0.25) is 9.62 Å². The van der Waals surface area contributed by atoms with Crippen molar-refractivity contribution >= 4 is 36.4 Å². The molecule has 1 aliphatic heterocycles. The van der Waals surface area contributed by atoms with Crippen molar-refractivity contribution in [1.29, 1.82) is 0 Å². The van der Waals surface area contributed by atoms with Crippen molar-refractivity contribution < 1.29 is 43.4 Å². The second-order valence-electron chi connectivity index (χ2n) is 4.65. The molecule has 2 rings (SSSR count). The summed E-state index contributed by atoms with van der Waals surface area (Å²) >= 11 is 1.80. The summed E-state index contributed by atoms with van der Waals surface area (Å²) in [6.45, 7) is -0.617. The zero-order valence-corrected chi connectivity index (χ0v) is 14.7. The van der Waals surface area contributed by atoms with Gasteiger partial charge in [-0.1, -0.05) is 0 Å². The summed E-state index contributed by atoms with van der Waals surface area (Å²) in [5, 5.41) is 26.2. The summed E-state index contributed by atoms with van der Waals surface area (Å²) in [5.41, 5.74) is 0.222. The molecule has 0 spiro atoms. The number of aromatic amines is 1. The van der Waals surface area contributed by atoms with Crippen LogP contribution in [-0.4, -0.2) is 68.2 Å². The van der Waals surface area contributed by atoms with E-state index in [2.05, 4.69) is 19.5 Å². The van der Waals surface area contributed by atoms with Gasteiger partial charge in [-0.05, 0) is 22.6 Å². The number of phosphoric ester groups is 1. The van der Waals surface area contributed by atoms with E-state index in [1.165, 1.54) is 7.11 Å². The summed E-state index contributed by atoms with van der Waals surface area (Å²) in [6.07, 6.45) is -5.08. The van der Waals surface area contributed by atoms with Crippen LogP contribution in [0.3, 0.4) is 0 Å². The fraction of sp³-hybridized carbons (Fsp3) is 0.600. The van der Waals surface area contributed by atoms with Crippen LogP contribution in [0.1, 0.15) is 22.3 Å². The van der Waals surface area contributed by atoms with Crippen molar-refractivity contribution in [2.24, 2.45) is 0 Å². The molecule has 1 aromatic heterocycles. The first-order valence-corrected chi connectivity index (χ1v) is 8.80. The molecule has 1 aliphatic rings. The molecule has 13 heteroatoms. The number of methoxy groups -OCH3 is 1. The molecule has 4 atom stereocenters. The molecule has 11 nitrogen and oxygen atoms in total. The maximum Gasteiger partial charge on any atom is 0.469 e. The van der Waals surface area contributed by atoms with Crippen LogP contribution in [0.15, 0.2) is 0 Å². The highest BCUT2D eigenvalue weighted by molar-refractivity contribution is 14.1. The Bertz CT molecular complexity index is 632. The van der Waals surface area contributed by atoms with E-state index < -0.39 is 44.8 Å². The standard InChI is InChI=1S/C10H14IN2O9P/c1-20-10(16)6-4(11)5(12-13-6)9-8(15)7(14)3(22-9)2-21-23(17,18)19/h3,7-9,14-15H,2H2,1H3,(H,12,13)(H2,17,18,19)/t3-,7-,8-,9+/m1/s1. The van der Waals surface area contributed by atoms with Crippen molar-refractivity contribution in [1.82, 2.24) is 10.2 Å². The maximum atomic E-state index is 11.5. The monoisotopic (exact) mass is 464 g/mol. The number of carbonyl (C=O) groups is 1. The van der Waals surface area contributed by atoms with Gasteiger partial charge in [-0.25, -0.2) is 9.36 Å². The number of hydrogen-bond acceptors (Lipinski definition) is 8.